The van der Waals surface area contributed by atoms with E-state index >= 15 is 0 Å². The first kappa shape index (κ1) is 15.4. The average molecular weight is 287 g/mol. The van der Waals surface area contributed by atoms with Crippen LogP contribution in [0.25, 0.3) is 0 Å². The Morgan fingerprint density at radius 2 is 1.95 bits per heavy atom. The lowest BCUT2D eigenvalue weighted by Gasteiger charge is -2.20. The van der Waals surface area contributed by atoms with Crippen molar-refractivity contribution in [2.45, 2.75) is 33.4 Å². The van der Waals surface area contributed by atoms with Gasteiger partial charge in [0.1, 0.15) is 11.6 Å². The number of benzene rings is 1. The molecule has 21 heavy (non-hydrogen) atoms. The van der Waals surface area contributed by atoms with Crippen LogP contribution in [0, 0.1) is 12.7 Å². The van der Waals surface area contributed by atoms with Gasteiger partial charge in [-0.2, -0.15) is 0 Å². The quantitative estimate of drug-likeness (QED) is 0.906. The fourth-order valence-corrected chi connectivity index (χ4v) is 2.16. The molecule has 112 valence electrons. The van der Waals surface area contributed by atoms with E-state index in [2.05, 4.69) is 24.1 Å². The number of hydrogen-bond donors (Lipinski definition) is 1. The predicted octanol–water partition coefficient (Wildman–Crippen LogP) is 3.80. The van der Waals surface area contributed by atoms with Crippen LogP contribution in [0.2, 0.25) is 0 Å². The normalized spacial score (nSPS) is 11.0. The highest BCUT2D eigenvalue weighted by Gasteiger charge is 2.11. The Kier molecular flexibility index (Phi) is 4.91. The molecule has 1 N–H and O–H groups in total. The monoisotopic (exact) mass is 287 g/mol. The summed E-state index contributed by atoms with van der Waals surface area (Å²) >= 11 is 0. The van der Waals surface area contributed by atoms with Gasteiger partial charge in [-0.3, -0.25) is 0 Å². The third kappa shape index (κ3) is 4.02. The van der Waals surface area contributed by atoms with Crippen molar-refractivity contribution in [3.05, 3.63) is 53.5 Å². The average Bonchev–Trinajstić information content (AvgIpc) is 2.44. The zero-order chi connectivity index (χ0) is 15.4. The van der Waals surface area contributed by atoms with Crippen LogP contribution in [0.3, 0.4) is 0 Å². The van der Waals surface area contributed by atoms with Crippen molar-refractivity contribution in [1.29, 1.82) is 0 Å². The Bertz CT molecular complexity index is 611. The zero-order valence-electron chi connectivity index (χ0n) is 13.0. The van der Waals surface area contributed by atoms with Gasteiger partial charge in [-0.1, -0.05) is 26.0 Å². The third-order valence-electron chi connectivity index (χ3n) is 3.27. The van der Waals surface area contributed by atoms with Crippen molar-refractivity contribution in [3.63, 3.8) is 0 Å². The Morgan fingerprint density at radius 1 is 1.24 bits per heavy atom. The number of nitrogens with one attached hydrogen (secondary N) is 1. The molecule has 3 nitrogen and oxygen atoms in total. The second-order valence-corrected chi connectivity index (χ2v) is 5.52. The summed E-state index contributed by atoms with van der Waals surface area (Å²) in [4.78, 5) is 6.29. The summed E-state index contributed by atoms with van der Waals surface area (Å²) in [6, 6.07) is 11.2. The van der Waals surface area contributed by atoms with Crippen molar-refractivity contribution in [2.24, 2.45) is 0 Å². The molecule has 0 bridgehead atoms. The standard InChI is InChI=1S/C17H22FN3/c1-12(2)19-11-14-9-13(3)20-17(10-14)21(4)16-8-6-5-7-15(16)18/h5-10,12,19H,11H2,1-4H3. The van der Waals surface area contributed by atoms with E-state index in [0.29, 0.717) is 11.7 Å². The van der Waals surface area contributed by atoms with Crippen LogP contribution in [0.1, 0.15) is 25.1 Å². The van der Waals surface area contributed by atoms with E-state index in [1.165, 1.54) is 6.07 Å². The molecule has 1 aromatic carbocycles. The number of aromatic nitrogens is 1. The number of pyridine rings is 1. The molecule has 4 heteroatoms. The minimum Gasteiger partial charge on any atom is -0.327 e. The summed E-state index contributed by atoms with van der Waals surface area (Å²) in [5.41, 5.74) is 2.60. The van der Waals surface area contributed by atoms with Crippen molar-refractivity contribution in [3.8, 4) is 0 Å². The van der Waals surface area contributed by atoms with Crippen molar-refractivity contribution in [1.82, 2.24) is 10.3 Å². The number of nitrogens with zero attached hydrogens (tertiary/aromatic N) is 2. The molecule has 2 rings (SSSR count). The van der Waals surface area contributed by atoms with Crippen LogP contribution in [0.5, 0.6) is 0 Å². The van der Waals surface area contributed by atoms with E-state index in [4.69, 9.17) is 0 Å². The smallest absolute Gasteiger partial charge is 0.146 e. The van der Waals surface area contributed by atoms with Gasteiger partial charge in [0.2, 0.25) is 0 Å². The molecule has 0 saturated carbocycles. The first-order chi connectivity index (χ1) is 9.97. The topological polar surface area (TPSA) is 28.2 Å². The van der Waals surface area contributed by atoms with Crippen molar-refractivity contribution < 1.29 is 4.39 Å². The molecular weight excluding hydrogens is 265 g/mol. The fourth-order valence-electron chi connectivity index (χ4n) is 2.16. The van der Waals surface area contributed by atoms with E-state index in [9.17, 15) is 4.39 Å². The predicted molar refractivity (Wildman–Crippen MR) is 85.4 cm³/mol. The Balaban J connectivity index is 2.29. The maximum absolute atomic E-state index is 13.9. The summed E-state index contributed by atoms with van der Waals surface area (Å²) < 4.78 is 13.9. The van der Waals surface area contributed by atoms with Crippen LogP contribution < -0.4 is 10.2 Å². The van der Waals surface area contributed by atoms with Crippen molar-refractivity contribution in [2.75, 3.05) is 11.9 Å². The highest BCUT2D eigenvalue weighted by Crippen LogP contribution is 2.25. The van der Waals surface area contributed by atoms with Gasteiger partial charge in [0.25, 0.3) is 0 Å². The summed E-state index contributed by atoms with van der Waals surface area (Å²) in [7, 11) is 1.83. The number of para-hydroxylation sites is 1. The number of aryl methyl sites for hydroxylation is 1. The molecule has 1 aromatic heterocycles. The second kappa shape index (κ2) is 6.68. The Morgan fingerprint density at radius 3 is 2.62 bits per heavy atom. The molecule has 0 radical (unpaired) electrons. The summed E-state index contributed by atoms with van der Waals surface area (Å²) in [6.45, 7) is 6.96. The van der Waals surface area contributed by atoms with Gasteiger partial charge in [-0.25, -0.2) is 9.37 Å². The minimum atomic E-state index is -0.245. The molecular formula is C17H22FN3. The lowest BCUT2D eigenvalue weighted by molar-refractivity contribution is 0.588. The molecule has 2 aromatic rings. The lowest BCUT2D eigenvalue weighted by atomic mass is 10.2. The van der Waals surface area contributed by atoms with E-state index < -0.39 is 0 Å². The van der Waals surface area contributed by atoms with Crippen molar-refractivity contribution >= 4 is 11.5 Å². The molecule has 0 atom stereocenters. The van der Waals surface area contributed by atoms with Crippen LogP contribution >= 0.6 is 0 Å². The number of hydrogen-bond acceptors (Lipinski definition) is 3. The van der Waals surface area contributed by atoms with Crippen LogP contribution in [0.15, 0.2) is 36.4 Å². The van der Waals surface area contributed by atoms with Crippen LogP contribution in [0.4, 0.5) is 15.9 Å². The van der Waals surface area contributed by atoms with E-state index in [0.717, 1.165) is 23.6 Å². The largest absolute Gasteiger partial charge is 0.327 e. The molecule has 1 heterocycles. The Hall–Kier alpha value is -1.94. The third-order valence-corrected chi connectivity index (χ3v) is 3.27. The molecule has 0 aliphatic heterocycles. The summed E-state index contributed by atoms with van der Waals surface area (Å²) in [5.74, 6) is 0.505. The minimum absolute atomic E-state index is 0.245. The van der Waals surface area contributed by atoms with Crippen LogP contribution in [-0.2, 0) is 6.54 Å². The summed E-state index contributed by atoms with van der Waals surface area (Å²) in [5, 5.41) is 3.39. The highest BCUT2D eigenvalue weighted by atomic mass is 19.1. The first-order valence-corrected chi connectivity index (χ1v) is 7.16. The van der Waals surface area contributed by atoms with E-state index in [1.807, 2.05) is 32.2 Å². The highest BCUT2D eigenvalue weighted by molar-refractivity contribution is 5.60. The maximum atomic E-state index is 13.9. The molecule has 0 spiro atoms. The Labute approximate surface area is 125 Å². The van der Waals surface area contributed by atoms with Gasteiger partial charge < -0.3 is 10.2 Å². The lowest BCUT2D eigenvalue weighted by Crippen LogP contribution is -2.22. The summed E-state index contributed by atoms with van der Waals surface area (Å²) in [6.07, 6.45) is 0. The maximum Gasteiger partial charge on any atom is 0.146 e. The van der Waals surface area contributed by atoms with Gasteiger partial charge in [0, 0.05) is 25.3 Å². The van der Waals surface area contributed by atoms with Gasteiger partial charge in [-0.05, 0) is 36.8 Å². The SMILES string of the molecule is Cc1cc(CNC(C)C)cc(N(C)c2ccccc2F)n1. The molecule has 0 aliphatic carbocycles. The van der Waals surface area contributed by atoms with Gasteiger partial charge in [0.15, 0.2) is 0 Å². The van der Waals surface area contributed by atoms with E-state index in [-0.39, 0.29) is 5.82 Å². The molecule has 0 saturated heterocycles. The van der Waals surface area contributed by atoms with Gasteiger partial charge in [-0.15, -0.1) is 0 Å². The molecule has 0 fully saturated rings. The number of rotatable bonds is 5. The first-order valence-electron chi connectivity index (χ1n) is 7.16. The zero-order valence-corrected chi connectivity index (χ0v) is 13.0. The van der Waals surface area contributed by atoms with Crippen LogP contribution in [-0.4, -0.2) is 18.1 Å². The van der Waals surface area contributed by atoms with Gasteiger partial charge >= 0.3 is 0 Å². The van der Waals surface area contributed by atoms with Gasteiger partial charge in [0.05, 0.1) is 5.69 Å². The molecule has 0 aliphatic rings. The molecule has 0 unspecified atom stereocenters. The number of halogens is 1. The fraction of sp³-hybridized carbons (Fsp3) is 0.353. The molecule has 0 amide bonds. The second-order valence-electron chi connectivity index (χ2n) is 5.52. The number of anilines is 2. The van der Waals surface area contributed by atoms with E-state index in [1.54, 1.807) is 17.0 Å².